The van der Waals surface area contributed by atoms with Crippen molar-refractivity contribution in [3.8, 4) is 5.75 Å². The van der Waals surface area contributed by atoms with Gasteiger partial charge in [-0.05, 0) is 25.5 Å². The minimum atomic E-state index is 0.542. The third-order valence-corrected chi connectivity index (χ3v) is 4.17. The van der Waals surface area contributed by atoms with Crippen molar-refractivity contribution in [3.63, 3.8) is 0 Å². The molecule has 0 aliphatic heterocycles. The van der Waals surface area contributed by atoms with E-state index in [-0.39, 0.29) is 0 Å². The van der Waals surface area contributed by atoms with Crippen LogP contribution < -0.4 is 10.1 Å². The monoisotopic (exact) mass is 290 g/mol. The molecule has 1 aromatic carbocycles. The maximum Gasteiger partial charge on any atom is 0.131 e. The van der Waals surface area contributed by atoms with Crippen LogP contribution in [0.2, 0.25) is 0 Å². The van der Waals surface area contributed by atoms with Gasteiger partial charge in [-0.2, -0.15) is 0 Å². The summed E-state index contributed by atoms with van der Waals surface area (Å²) in [5, 5.41) is 6.60. The molecule has 0 saturated carbocycles. The molecule has 1 heterocycles. The highest BCUT2D eigenvalue weighted by molar-refractivity contribution is 7.09. The molecule has 0 bridgehead atoms. The largest absolute Gasteiger partial charge is 0.487 e. The second-order valence-electron chi connectivity index (χ2n) is 4.72. The summed E-state index contributed by atoms with van der Waals surface area (Å²) in [5.41, 5.74) is 3.40. The van der Waals surface area contributed by atoms with E-state index in [0.29, 0.717) is 6.61 Å². The van der Waals surface area contributed by atoms with Gasteiger partial charge in [-0.25, -0.2) is 4.98 Å². The van der Waals surface area contributed by atoms with E-state index in [0.717, 1.165) is 31.0 Å². The summed E-state index contributed by atoms with van der Waals surface area (Å²) >= 11 is 1.70. The van der Waals surface area contributed by atoms with Crippen LogP contribution in [-0.4, -0.2) is 11.5 Å². The number of benzene rings is 1. The van der Waals surface area contributed by atoms with Crippen molar-refractivity contribution >= 4 is 11.3 Å². The summed E-state index contributed by atoms with van der Waals surface area (Å²) in [5.74, 6) is 0.986. The lowest BCUT2D eigenvalue weighted by Gasteiger charge is -2.13. The van der Waals surface area contributed by atoms with Crippen LogP contribution in [0.25, 0.3) is 0 Å². The molecule has 0 atom stereocenters. The van der Waals surface area contributed by atoms with Crippen LogP contribution >= 0.6 is 11.3 Å². The van der Waals surface area contributed by atoms with E-state index in [4.69, 9.17) is 4.74 Å². The van der Waals surface area contributed by atoms with Gasteiger partial charge >= 0.3 is 0 Å². The molecule has 3 nitrogen and oxygen atoms in total. The Morgan fingerprint density at radius 2 is 2.15 bits per heavy atom. The van der Waals surface area contributed by atoms with Crippen molar-refractivity contribution in [2.24, 2.45) is 0 Å². The van der Waals surface area contributed by atoms with Crippen LogP contribution in [0.5, 0.6) is 5.75 Å². The standard InChI is InChI=1S/C16H22N2OS/c1-4-15-18-14(11-20-15)10-19-16-12(3)7-6-8-13(16)9-17-5-2/h6-8,11,17H,4-5,9-10H2,1-3H3. The first-order chi connectivity index (χ1) is 9.74. The molecule has 1 N–H and O–H groups in total. The van der Waals surface area contributed by atoms with Crippen LogP contribution in [0.3, 0.4) is 0 Å². The van der Waals surface area contributed by atoms with E-state index in [9.17, 15) is 0 Å². The summed E-state index contributed by atoms with van der Waals surface area (Å²) < 4.78 is 6.01. The molecule has 0 aliphatic rings. The van der Waals surface area contributed by atoms with E-state index in [1.165, 1.54) is 16.1 Å². The van der Waals surface area contributed by atoms with Gasteiger partial charge in [0.05, 0.1) is 10.7 Å². The predicted molar refractivity (Wildman–Crippen MR) is 84.4 cm³/mol. The number of nitrogens with zero attached hydrogens (tertiary/aromatic N) is 1. The highest BCUT2D eigenvalue weighted by atomic mass is 32.1. The van der Waals surface area contributed by atoms with Crippen molar-refractivity contribution in [3.05, 3.63) is 45.4 Å². The Morgan fingerprint density at radius 1 is 1.30 bits per heavy atom. The number of hydrogen-bond acceptors (Lipinski definition) is 4. The second kappa shape index (κ2) is 7.41. The maximum absolute atomic E-state index is 6.01. The molecule has 20 heavy (non-hydrogen) atoms. The van der Waals surface area contributed by atoms with Gasteiger partial charge in [0.15, 0.2) is 0 Å². The first kappa shape index (κ1) is 15.0. The minimum absolute atomic E-state index is 0.542. The van der Waals surface area contributed by atoms with Gasteiger partial charge in [0.25, 0.3) is 0 Å². The zero-order valence-corrected chi connectivity index (χ0v) is 13.2. The van der Waals surface area contributed by atoms with E-state index >= 15 is 0 Å². The molecule has 2 rings (SSSR count). The normalized spacial score (nSPS) is 10.8. The van der Waals surface area contributed by atoms with E-state index < -0.39 is 0 Å². The van der Waals surface area contributed by atoms with E-state index in [1.54, 1.807) is 11.3 Å². The van der Waals surface area contributed by atoms with Crippen molar-refractivity contribution in [2.45, 2.75) is 40.3 Å². The zero-order valence-electron chi connectivity index (χ0n) is 12.4. The van der Waals surface area contributed by atoms with Gasteiger partial charge in [0.2, 0.25) is 0 Å². The Morgan fingerprint density at radius 3 is 2.85 bits per heavy atom. The topological polar surface area (TPSA) is 34.1 Å². The molecule has 108 valence electrons. The second-order valence-corrected chi connectivity index (χ2v) is 5.66. The molecular weight excluding hydrogens is 268 g/mol. The van der Waals surface area contributed by atoms with Crippen molar-refractivity contribution in [2.75, 3.05) is 6.54 Å². The Bertz CT molecular complexity index is 551. The first-order valence-electron chi connectivity index (χ1n) is 7.09. The third-order valence-electron chi connectivity index (χ3n) is 3.13. The van der Waals surface area contributed by atoms with Crippen LogP contribution in [-0.2, 0) is 19.6 Å². The fourth-order valence-electron chi connectivity index (χ4n) is 2.04. The molecule has 0 amide bonds. The summed E-state index contributed by atoms with van der Waals surface area (Å²) in [6.45, 7) is 8.66. The van der Waals surface area contributed by atoms with Crippen LogP contribution in [0.15, 0.2) is 23.6 Å². The van der Waals surface area contributed by atoms with Crippen LogP contribution in [0.1, 0.15) is 35.7 Å². The molecular formula is C16H22N2OS. The van der Waals surface area contributed by atoms with Gasteiger partial charge < -0.3 is 10.1 Å². The molecule has 0 fully saturated rings. The maximum atomic E-state index is 6.01. The molecule has 0 saturated heterocycles. The first-order valence-corrected chi connectivity index (χ1v) is 7.97. The molecule has 0 spiro atoms. The predicted octanol–water partition coefficient (Wildman–Crippen LogP) is 3.70. The van der Waals surface area contributed by atoms with Crippen LogP contribution in [0, 0.1) is 6.92 Å². The highest BCUT2D eigenvalue weighted by Gasteiger charge is 2.08. The number of para-hydroxylation sites is 1. The van der Waals surface area contributed by atoms with E-state index in [2.05, 4.69) is 54.7 Å². The summed E-state index contributed by atoms with van der Waals surface area (Å²) in [7, 11) is 0. The summed E-state index contributed by atoms with van der Waals surface area (Å²) in [6, 6.07) is 6.28. The summed E-state index contributed by atoms with van der Waals surface area (Å²) in [4.78, 5) is 4.54. The van der Waals surface area contributed by atoms with Gasteiger partial charge in [-0.1, -0.05) is 32.0 Å². The SMILES string of the molecule is CCNCc1cccc(C)c1OCc1csc(CC)n1. The lowest BCUT2D eigenvalue weighted by atomic mass is 10.1. The molecule has 2 aromatic rings. The number of rotatable bonds is 7. The average molecular weight is 290 g/mol. The molecule has 1 aromatic heterocycles. The lowest BCUT2D eigenvalue weighted by molar-refractivity contribution is 0.296. The zero-order chi connectivity index (χ0) is 14.4. The quantitative estimate of drug-likeness (QED) is 0.844. The molecule has 0 aliphatic carbocycles. The number of thiazole rings is 1. The average Bonchev–Trinajstić information content (AvgIpc) is 2.92. The third kappa shape index (κ3) is 3.81. The Kier molecular flexibility index (Phi) is 5.56. The van der Waals surface area contributed by atoms with Gasteiger partial charge in [-0.3, -0.25) is 0 Å². The fourth-order valence-corrected chi connectivity index (χ4v) is 2.77. The lowest BCUT2D eigenvalue weighted by Crippen LogP contribution is -2.13. The van der Waals surface area contributed by atoms with Crippen LogP contribution in [0.4, 0.5) is 0 Å². The number of hydrogen-bond donors (Lipinski definition) is 1. The number of aryl methyl sites for hydroxylation is 2. The van der Waals surface area contributed by atoms with E-state index in [1.807, 2.05) is 0 Å². The summed E-state index contributed by atoms with van der Waals surface area (Å²) in [6.07, 6.45) is 0.987. The molecule has 4 heteroatoms. The highest BCUT2D eigenvalue weighted by Crippen LogP contribution is 2.24. The molecule has 0 unspecified atom stereocenters. The number of nitrogens with one attached hydrogen (secondary N) is 1. The number of ether oxygens (including phenoxy) is 1. The molecule has 0 radical (unpaired) electrons. The Labute approximate surface area is 125 Å². The van der Waals surface area contributed by atoms with Crippen molar-refractivity contribution in [1.82, 2.24) is 10.3 Å². The van der Waals surface area contributed by atoms with Gasteiger partial charge in [0, 0.05) is 17.5 Å². The van der Waals surface area contributed by atoms with Gasteiger partial charge in [-0.15, -0.1) is 11.3 Å². The minimum Gasteiger partial charge on any atom is -0.487 e. The van der Waals surface area contributed by atoms with Gasteiger partial charge in [0.1, 0.15) is 12.4 Å². The number of aromatic nitrogens is 1. The smallest absolute Gasteiger partial charge is 0.131 e. The van der Waals surface area contributed by atoms with Crippen molar-refractivity contribution < 1.29 is 4.74 Å². The fraction of sp³-hybridized carbons (Fsp3) is 0.438. The Balaban J connectivity index is 2.07. The Hall–Kier alpha value is -1.39. The van der Waals surface area contributed by atoms with Crippen molar-refractivity contribution in [1.29, 1.82) is 0 Å².